The normalized spacial score (nSPS) is 12.3. The molecule has 0 radical (unpaired) electrons. The minimum atomic E-state index is 0.526. The molecule has 0 unspecified atom stereocenters. The third-order valence-corrected chi connectivity index (χ3v) is 12.5. The molecule has 0 fully saturated rings. The summed E-state index contributed by atoms with van der Waals surface area (Å²) < 4.78 is 17.9. The summed E-state index contributed by atoms with van der Waals surface area (Å²) in [6, 6.07) is 57.8. The van der Waals surface area contributed by atoms with Gasteiger partial charge in [-0.3, -0.25) is 0 Å². The lowest BCUT2D eigenvalue weighted by Crippen LogP contribution is -1.94. The van der Waals surface area contributed by atoms with E-state index in [1.807, 2.05) is 53.8 Å². The lowest BCUT2D eigenvalue weighted by molar-refractivity contribution is 0.653. The molecule has 5 heterocycles. The van der Waals surface area contributed by atoms with E-state index in [0.29, 0.717) is 5.71 Å². The molecule has 0 saturated carbocycles. The second-order valence-corrected chi connectivity index (χ2v) is 15.6. The van der Waals surface area contributed by atoms with Gasteiger partial charge in [-0.25, -0.2) is 9.97 Å². The largest absolute Gasteiger partial charge is 0.456 e. The Bertz CT molecular complexity index is 3770. The maximum Gasteiger partial charge on any atom is 0.246 e. The van der Waals surface area contributed by atoms with E-state index < -0.39 is 0 Å². The summed E-state index contributed by atoms with van der Waals surface area (Å²) >= 11 is 1.86. The minimum Gasteiger partial charge on any atom is -0.456 e. The quantitative estimate of drug-likeness (QED) is 0.181. The highest BCUT2D eigenvalue weighted by Gasteiger charge is 2.21. The smallest absolute Gasteiger partial charge is 0.246 e. The predicted molar refractivity (Wildman–Crippen MR) is 232 cm³/mol. The van der Waals surface area contributed by atoms with E-state index in [2.05, 4.69) is 126 Å². The van der Waals surface area contributed by atoms with Crippen molar-refractivity contribution in [3.05, 3.63) is 164 Å². The van der Waals surface area contributed by atoms with E-state index >= 15 is 0 Å². The van der Waals surface area contributed by atoms with Crippen LogP contribution in [0.25, 0.3) is 125 Å². The first kappa shape index (κ1) is 30.1. The molecular weight excluding hydrogens is 707 g/mol. The van der Waals surface area contributed by atoms with Crippen LogP contribution in [0.15, 0.2) is 173 Å². The second kappa shape index (κ2) is 11.1. The summed E-state index contributed by atoms with van der Waals surface area (Å²) in [5.41, 5.74) is 10.5. The van der Waals surface area contributed by atoms with E-state index in [-0.39, 0.29) is 0 Å². The maximum absolute atomic E-state index is 6.74. The maximum atomic E-state index is 6.74. The Morgan fingerprint density at radius 3 is 2.09 bits per heavy atom. The fourth-order valence-electron chi connectivity index (χ4n) is 8.86. The molecule has 260 valence electrons. The van der Waals surface area contributed by atoms with Crippen molar-refractivity contribution < 1.29 is 8.83 Å². The SMILES string of the molecule is c1ccc(-c2nc3oc4ccccc4c3nc2-c2ccc3c(c2)oc2cc(-n4c5ccccc5c5cc6c(cc54)sc4ccc5ccccc5c46)ccc23)cc1. The van der Waals surface area contributed by atoms with Crippen molar-refractivity contribution in [1.29, 1.82) is 0 Å². The third-order valence-electron chi connectivity index (χ3n) is 11.4. The summed E-state index contributed by atoms with van der Waals surface area (Å²) in [5, 5.41) is 10.8. The molecule has 5 aromatic heterocycles. The van der Waals surface area contributed by atoms with Gasteiger partial charge in [-0.2, -0.15) is 0 Å². The molecule has 0 saturated heterocycles. The first-order valence-electron chi connectivity index (χ1n) is 18.7. The van der Waals surface area contributed by atoms with E-state index in [1.165, 1.54) is 52.8 Å². The number of aromatic nitrogens is 3. The Balaban J connectivity index is 1.00. The standard InChI is InChI=1S/C50H27N3O2S/c1-2-11-29(12-3-1)47-48(51-49-36-15-7-9-17-41(36)55-50(49)52-47)30-18-21-34-35-22-20-31(25-43(35)54-42(34)24-30)53-39-16-8-6-14-33(39)37-26-38-45(27-40(37)53)56-44-23-19-28-10-4-5-13-32(28)46(38)44/h1-27H. The lowest BCUT2D eigenvalue weighted by Gasteiger charge is -2.09. The Hall–Kier alpha value is -7.28. The molecule has 56 heavy (non-hydrogen) atoms. The van der Waals surface area contributed by atoms with Crippen molar-refractivity contribution in [2.24, 2.45) is 0 Å². The predicted octanol–water partition coefficient (Wildman–Crippen LogP) is 14.2. The van der Waals surface area contributed by atoms with E-state index in [4.69, 9.17) is 18.8 Å². The van der Waals surface area contributed by atoms with Crippen LogP contribution in [0.4, 0.5) is 0 Å². The highest BCUT2D eigenvalue weighted by molar-refractivity contribution is 7.26. The number of benzene rings is 8. The van der Waals surface area contributed by atoms with Crippen LogP contribution in [-0.2, 0) is 0 Å². The fourth-order valence-corrected chi connectivity index (χ4v) is 10.00. The van der Waals surface area contributed by atoms with E-state index in [0.717, 1.165) is 66.6 Å². The van der Waals surface area contributed by atoms with Crippen molar-refractivity contribution in [1.82, 2.24) is 14.5 Å². The van der Waals surface area contributed by atoms with Gasteiger partial charge in [-0.15, -0.1) is 11.3 Å². The number of rotatable bonds is 3. The van der Waals surface area contributed by atoms with E-state index in [1.54, 1.807) is 0 Å². The fraction of sp³-hybridized carbons (Fsp3) is 0. The van der Waals surface area contributed by atoms with Crippen LogP contribution in [0.3, 0.4) is 0 Å². The second-order valence-electron chi connectivity index (χ2n) is 14.5. The van der Waals surface area contributed by atoms with Gasteiger partial charge in [0.25, 0.3) is 0 Å². The zero-order chi connectivity index (χ0) is 36.5. The summed E-state index contributed by atoms with van der Waals surface area (Å²) in [4.78, 5) is 10.3. The van der Waals surface area contributed by atoms with Crippen LogP contribution in [0.5, 0.6) is 0 Å². The molecule has 0 amide bonds. The molecule has 6 heteroatoms. The summed E-state index contributed by atoms with van der Waals surface area (Å²) in [6.45, 7) is 0. The monoisotopic (exact) mass is 733 g/mol. The van der Waals surface area contributed by atoms with Crippen LogP contribution in [0, 0.1) is 0 Å². The number of thiophene rings is 1. The van der Waals surface area contributed by atoms with Crippen LogP contribution in [0.1, 0.15) is 0 Å². The van der Waals surface area contributed by atoms with Crippen LogP contribution in [-0.4, -0.2) is 14.5 Å². The van der Waals surface area contributed by atoms with Crippen LogP contribution >= 0.6 is 11.3 Å². The topological polar surface area (TPSA) is 57.0 Å². The number of para-hydroxylation sites is 2. The zero-order valence-electron chi connectivity index (χ0n) is 29.7. The first-order chi connectivity index (χ1) is 27.7. The molecule has 0 aliphatic heterocycles. The summed E-state index contributed by atoms with van der Waals surface area (Å²) in [6.07, 6.45) is 0. The third kappa shape index (κ3) is 4.19. The number of hydrogen-bond donors (Lipinski definition) is 0. The van der Waals surface area contributed by atoms with Crippen molar-refractivity contribution in [2.75, 3.05) is 0 Å². The molecule has 0 atom stereocenters. The zero-order valence-corrected chi connectivity index (χ0v) is 30.5. The van der Waals surface area contributed by atoms with Gasteiger partial charge in [0, 0.05) is 70.0 Å². The van der Waals surface area contributed by atoms with Crippen molar-refractivity contribution in [3.8, 4) is 28.2 Å². The molecule has 8 aromatic carbocycles. The molecule has 5 nitrogen and oxygen atoms in total. The highest BCUT2D eigenvalue weighted by Crippen LogP contribution is 2.44. The average Bonchev–Trinajstić information content (AvgIpc) is 4.00. The molecule has 0 N–H and O–H groups in total. The molecule has 0 aliphatic rings. The van der Waals surface area contributed by atoms with Gasteiger partial charge in [-0.1, -0.05) is 97.1 Å². The van der Waals surface area contributed by atoms with Crippen molar-refractivity contribution in [3.63, 3.8) is 0 Å². The number of hydrogen-bond acceptors (Lipinski definition) is 5. The van der Waals surface area contributed by atoms with Gasteiger partial charge in [0.05, 0.1) is 16.7 Å². The Morgan fingerprint density at radius 2 is 1.18 bits per heavy atom. The minimum absolute atomic E-state index is 0.526. The van der Waals surface area contributed by atoms with Gasteiger partial charge in [0.15, 0.2) is 0 Å². The number of furan rings is 2. The van der Waals surface area contributed by atoms with Gasteiger partial charge >= 0.3 is 0 Å². The Labute approximate surface area is 322 Å². The summed E-state index contributed by atoms with van der Waals surface area (Å²) in [7, 11) is 0. The van der Waals surface area contributed by atoms with Gasteiger partial charge in [0.1, 0.15) is 28.0 Å². The number of fused-ring (bicyclic) bond motifs is 14. The molecule has 0 bridgehead atoms. The Morgan fingerprint density at radius 1 is 0.429 bits per heavy atom. The van der Waals surface area contributed by atoms with Crippen LogP contribution in [0.2, 0.25) is 0 Å². The number of nitrogens with zero attached hydrogens (tertiary/aromatic N) is 3. The van der Waals surface area contributed by atoms with Crippen molar-refractivity contribution in [2.45, 2.75) is 0 Å². The molecule has 0 aliphatic carbocycles. The van der Waals surface area contributed by atoms with Gasteiger partial charge in [-0.05, 0) is 71.4 Å². The lowest BCUT2D eigenvalue weighted by atomic mass is 10.0. The molecule has 13 aromatic rings. The van der Waals surface area contributed by atoms with Crippen LogP contribution < -0.4 is 0 Å². The molecule has 13 rings (SSSR count). The molecule has 0 spiro atoms. The first-order valence-corrected chi connectivity index (χ1v) is 19.5. The summed E-state index contributed by atoms with van der Waals surface area (Å²) in [5.74, 6) is 0. The van der Waals surface area contributed by atoms with Gasteiger partial charge < -0.3 is 13.4 Å². The van der Waals surface area contributed by atoms with Crippen molar-refractivity contribution >= 4 is 108 Å². The highest BCUT2D eigenvalue weighted by atomic mass is 32.1. The Kier molecular flexibility index (Phi) is 5.98. The van der Waals surface area contributed by atoms with E-state index in [9.17, 15) is 0 Å². The molecular formula is C50H27N3O2S. The van der Waals surface area contributed by atoms with Gasteiger partial charge in [0.2, 0.25) is 5.71 Å². The average molecular weight is 734 g/mol.